The molecule has 0 radical (unpaired) electrons. The molecule has 0 aliphatic carbocycles. The number of pyridine rings is 1. The number of halogens is 4. The molecule has 4 nitrogen and oxygen atoms in total. The quantitative estimate of drug-likeness (QED) is 0.109. The van der Waals surface area contributed by atoms with Crippen molar-refractivity contribution in [3.05, 3.63) is 128 Å². The Balaban J connectivity index is 1.77. The molecule has 3 aromatic carbocycles. The van der Waals surface area contributed by atoms with Crippen molar-refractivity contribution in [1.29, 1.82) is 0 Å². The number of esters is 1. The van der Waals surface area contributed by atoms with Crippen LogP contribution >= 0.6 is 46.4 Å². The molecule has 0 saturated carbocycles. The average molecular weight is 610 g/mol. The molecule has 0 bridgehead atoms. The third kappa shape index (κ3) is 3.93. The van der Waals surface area contributed by atoms with Gasteiger partial charge in [-0.05, 0) is 49.7 Å². The Hall–Kier alpha value is -3.15. The fraction of sp³-hybridized carbons (Fsp3) is 0.156. The van der Waals surface area contributed by atoms with Crippen molar-refractivity contribution in [2.75, 3.05) is 18.0 Å². The van der Waals surface area contributed by atoms with E-state index in [-0.39, 0.29) is 25.7 Å². The molecule has 1 atom stereocenters. The number of aromatic nitrogens is 1. The first kappa shape index (κ1) is 27.0. The number of cyclic esters (lactones) is 1. The monoisotopic (exact) mass is 608 g/mol. The van der Waals surface area contributed by atoms with Crippen LogP contribution in [0, 0.1) is 0 Å². The molecule has 1 unspecified atom stereocenters. The summed E-state index contributed by atoms with van der Waals surface area (Å²) in [6.07, 6.45) is 1.95. The van der Waals surface area contributed by atoms with Crippen molar-refractivity contribution in [1.82, 2.24) is 4.40 Å². The molecule has 40 heavy (non-hydrogen) atoms. The number of fused-ring (bicyclic) bond motifs is 2. The van der Waals surface area contributed by atoms with Crippen molar-refractivity contribution < 1.29 is 9.53 Å². The second-order valence-electron chi connectivity index (χ2n) is 9.56. The van der Waals surface area contributed by atoms with Crippen LogP contribution in [0.15, 0.2) is 85.1 Å². The highest BCUT2D eigenvalue weighted by molar-refractivity contribution is 6.53. The molecule has 0 amide bonds. The van der Waals surface area contributed by atoms with E-state index in [4.69, 9.17) is 51.1 Å². The lowest BCUT2D eigenvalue weighted by Crippen LogP contribution is -2.32. The number of carbonyl (C=O) groups is 1. The molecule has 8 heteroatoms. The smallest absolute Gasteiger partial charge is 0.341 e. The molecule has 2 aromatic heterocycles. The maximum Gasteiger partial charge on any atom is 0.341 e. The zero-order valence-electron chi connectivity index (χ0n) is 21.7. The Bertz CT molecular complexity index is 1760. The Morgan fingerprint density at radius 2 is 1.45 bits per heavy atom. The van der Waals surface area contributed by atoms with Gasteiger partial charge in [-0.3, -0.25) is 0 Å². The van der Waals surface area contributed by atoms with Crippen LogP contribution in [0.2, 0.25) is 20.1 Å². The van der Waals surface area contributed by atoms with Gasteiger partial charge in [0.1, 0.15) is 0 Å². The summed E-state index contributed by atoms with van der Waals surface area (Å²) >= 11 is 26.7. The summed E-state index contributed by atoms with van der Waals surface area (Å²) in [5.41, 5.74) is 4.19. The Morgan fingerprint density at radius 1 is 0.800 bits per heavy atom. The summed E-state index contributed by atoms with van der Waals surface area (Å²) in [6, 6.07) is 25.9. The maximum atomic E-state index is 13.8. The Morgan fingerprint density at radius 3 is 2.12 bits per heavy atom. The number of anilines is 1. The van der Waals surface area contributed by atoms with Crippen molar-refractivity contribution in [3.63, 3.8) is 0 Å². The molecule has 0 fully saturated rings. The molecular weight excluding hydrogens is 586 g/mol. The van der Waals surface area contributed by atoms with Crippen LogP contribution in [-0.2, 0) is 10.3 Å². The summed E-state index contributed by atoms with van der Waals surface area (Å²) in [7, 11) is 0. The van der Waals surface area contributed by atoms with E-state index >= 15 is 0 Å². The molecule has 202 valence electrons. The molecule has 0 N–H and O–H groups in total. The summed E-state index contributed by atoms with van der Waals surface area (Å²) < 4.78 is 8.51. The Labute approximate surface area is 252 Å². The predicted octanol–water partition coefficient (Wildman–Crippen LogP) is 9.53. The zero-order chi connectivity index (χ0) is 28.2. The largest absolute Gasteiger partial charge is 0.439 e. The van der Waals surface area contributed by atoms with Crippen LogP contribution < -0.4 is 4.90 Å². The lowest BCUT2D eigenvalue weighted by Gasteiger charge is -2.32. The van der Waals surface area contributed by atoms with Crippen LogP contribution in [-0.4, -0.2) is 23.5 Å². The first-order valence-electron chi connectivity index (χ1n) is 12.9. The van der Waals surface area contributed by atoms with E-state index in [2.05, 4.69) is 24.8 Å². The molecule has 1 aliphatic rings. The number of rotatable bonds is 6. The summed E-state index contributed by atoms with van der Waals surface area (Å²) in [5, 5.41) is 0.214. The highest BCUT2D eigenvalue weighted by Crippen LogP contribution is 2.57. The molecule has 0 saturated heterocycles. The molecule has 0 spiro atoms. The van der Waals surface area contributed by atoms with Crippen LogP contribution in [0.25, 0.3) is 16.6 Å². The third-order valence-electron chi connectivity index (χ3n) is 7.57. The van der Waals surface area contributed by atoms with Crippen molar-refractivity contribution in [2.45, 2.75) is 19.4 Å². The number of hydrogen-bond donors (Lipinski definition) is 0. The standard InChI is InChI=1S/C32H24Cl4N2O2/c1-3-37(4-2)21-15-13-20(14-16-21)32(25-24(31(39)40-32)26(33)28(35)29(36)27(25)34)30-23(19-10-6-5-7-11-19)18-22-12-8-9-17-38(22)30/h5-18H,3-4H2,1-2H3. The maximum absolute atomic E-state index is 13.8. The number of benzene rings is 3. The topological polar surface area (TPSA) is 34.0 Å². The highest BCUT2D eigenvalue weighted by atomic mass is 35.5. The van der Waals surface area contributed by atoms with E-state index in [9.17, 15) is 4.79 Å². The molecule has 3 heterocycles. The minimum Gasteiger partial charge on any atom is -0.439 e. The van der Waals surface area contributed by atoms with Gasteiger partial charge in [0, 0.05) is 47.2 Å². The number of nitrogens with zero attached hydrogens (tertiary/aromatic N) is 2. The van der Waals surface area contributed by atoms with Crippen molar-refractivity contribution in [3.8, 4) is 11.1 Å². The van der Waals surface area contributed by atoms with Gasteiger partial charge >= 0.3 is 5.97 Å². The van der Waals surface area contributed by atoms with Crippen LogP contribution in [0.5, 0.6) is 0 Å². The minimum atomic E-state index is -1.48. The van der Waals surface area contributed by atoms with E-state index in [1.807, 2.05) is 83.4 Å². The van der Waals surface area contributed by atoms with Crippen molar-refractivity contribution in [2.24, 2.45) is 0 Å². The Kier molecular flexibility index (Phi) is 7.00. The normalized spacial score (nSPS) is 16.3. The van der Waals surface area contributed by atoms with Gasteiger partial charge in [-0.15, -0.1) is 0 Å². The molecular formula is C32H24Cl4N2O2. The van der Waals surface area contributed by atoms with Crippen LogP contribution in [0.3, 0.4) is 0 Å². The number of hydrogen-bond acceptors (Lipinski definition) is 3. The zero-order valence-corrected chi connectivity index (χ0v) is 24.7. The van der Waals surface area contributed by atoms with Gasteiger partial charge in [-0.2, -0.15) is 0 Å². The first-order chi connectivity index (χ1) is 19.3. The predicted molar refractivity (Wildman–Crippen MR) is 165 cm³/mol. The molecule has 5 aromatic rings. The summed E-state index contributed by atoms with van der Waals surface area (Å²) in [5.74, 6) is -0.627. The SMILES string of the molecule is CCN(CC)c1ccc(C2(c3c(-c4ccccc4)cc4ccccn34)OC(=O)c3c(Cl)c(Cl)c(Cl)c(Cl)c32)cc1. The van der Waals surface area contributed by atoms with Crippen LogP contribution in [0.1, 0.15) is 41.0 Å². The fourth-order valence-corrected chi connectivity index (χ4v) is 6.78. The van der Waals surface area contributed by atoms with Gasteiger partial charge in [0.2, 0.25) is 5.60 Å². The number of ether oxygens (including phenoxy) is 1. The van der Waals surface area contributed by atoms with E-state index in [1.54, 1.807) is 0 Å². The van der Waals surface area contributed by atoms with Crippen LogP contribution in [0.4, 0.5) is 5.69 Å². The lowest BCUT2D eigenvalue weighted by molar-refractivity contribution is 0.0239. The van der Waals surface area contributed by atoms with E-state index in [0.29, 0.717) is 16.8 Å². The second-order valence-corrected chi connectivity index (χ2v) is 11.1. The molecule has 1 aliphatic heterocycles. The third-order valence-corrected chi connectivity index (χ3v) is 9.37. The minimum absolute atomic E-state index is 0.0137. The van der Waals surface area contributed by atoms with Gasteiger partial charge in [-0.1, -0.05) is 94.9 Å². The van der Waals surface area contributed by atoms with E-state index < -0.39 is 11.6 Å². The van der Waals surface area contributed by atoms with E-state index in [1.165, 1.54) is 0 Å². The molecule has 6 rings (SSSR count). The second kappa shape index (κ2) is 10.4. The average Bonchev–Trinajstić information content (AvgIpc) is 3.52. The fourth-order valence-electron chi connectivity index (χ4n) is 5.72. The number of carbonyl (C=O) groups excluding carboxylic acids is 1. The first-order valence-corrected chi connectivity index (χ1v) is 14.5. The van der Waals surface area contributed by atoms with Crippen molar-refractivity contribution >= 4 is 63.6 Å². The van der Waals surface area contributed by atoms with E-state index in [0.717, 1.165) is 35.4 Å². The summed E-state index contributed by atoms with van der Waals surface area (Å²) in [6.45, 7) is 5.94. The lowest BCUT2D eigenvalue weighted by atomic mass is 9.80. The van der Waals surface area contributed by atoms with Gasteiger partial charge < -0.3 is 14.0 Å². The summed E-state index contributed by atoms with van der Waals surface area (Å²) in [4.78, 5) is 16.0. The highest BCUT2D eigenvalue weighted by Gasteiger charge is 2.54. The van der Waals surface area contributed by atoms with Gasteiger partial charge in [0.25, 0.3) is 0 Å². The van der Waals surface area contributed by atoms with Gasteiger partial charge in [-0.25, -0.2) is 4.79 Å². The van der Waals surface area contributed by atoms with Gasteiger partial charge in [0.05, 0.1) is 31.3 Å². The van der Waals surface area contributed by atoms with Gasteiger partial charge in [0.15, 0.2) is 0 Å².